The number of benzene rings is 1. The molecule has 1 atom stereocenters. The van der Waals surface area contributed by atoms with Crippen molar-refractivity contribution in [2.75, 3.05) is 6.61 Å². The summed E-state index contributed by atoms with van der Waals surface area (Å²) in [7, 11) is 0. The molecule has 0 heterocycles. The summed E-state index contributed by atoms with van der Waals surface area (Å²) in [6.45, 7) is -4.39. The fourth-order valence-electron chi connectivity index (χ4n) is 2.90. The maximum absolute atomic E-state index is 12.4. The molecule has 1 aliphatic carbocycles. The molecule has 0 bridgehead atoms. The van der Waals surface area contributed by atoms with E-state index in [9.17, 15) is 22.4 Å². The fraction of sp³-hybridized carbons (Fsp3) is 0.611. The van der Waals surface area contributed by atoms with Gasteiger partial charge in [0.05, 0.1) is 12.6 Å². The van der Waals surface area contributed by atoms with Crippen LogP contribution in [0.1, 0.15) is 50.6 Å². The molecule has 0 aliphatic heterocycles. The molecule has 4 nitrogen and oxygen atoms in total. The van der Waals surface area contributed by atoms with Crippen LogP contribution < -0.4 is 10.1 Å². The van der Waals surface area contributed by atoms with Gasteiger partial charge in [0.25, 0.3) is 0 Å². The number of alkyl halides is 4. The SMILES string of the molecule is CCC1(CCC(=O)N[C@@H](COC(F)F)c2cccc(OC(F)F)c2)CC1. The first kappa shape index (κ1) is 20.5. The second kappa shape index (κ2) is 9.21. The topological polar surface area (TPSA) is 47.6 Å². The zero-order valence-electron chi connectivity index (χ0n) is 14.5. The Hall–Kier alpha value is -1.83. The van der Waals surface area contributed by atoms with E-state index in [0.29, 0.717) is 5.56 Å². The number of amides is 1. The zero-order chi connectivity index (χ0) is 19.2. The molecule has 1 fully saturated rings. The van der Waals surface area contributed by atoms with E-state index in [4.69, 9.17) is 0 Å². The fourth-order valence-corrected chi connectivity index (χ4v) is 2.90. The number of carbonyl (C=O) groups excluding carboxylic acids is 1. The predicted octanol–water partition coefficient (Wildman–Crippen LogP) is 4.65. The minimum absolute atomic E-state index is 0.114. The average Bonchev–Trinajstić information content (AvgIpc) is 3.37. The molecule has 0 unspecified atom stereocenters. The standard InChI is InChI=1S/C18H23F4NO3/c1-2-18(8-9-18)7-6-15(24)23-14(11-25-16(19)20)12-4-3-5-13(10-12)26-17(21)22/h3-5,10,14,16-17H,2,6-9,11H2,1H3,(H,23,24)/t14-/m0/s1. The lowest BCUT2D eigenvalue weighted by atomic mass is 9.97. The minimum atomic E-state index is -3.00. The third kappa shape index (κ3) is 6.48. The highest BCUT2D eigenvalue weighted by Gasteiger charge is 2.40. The lowest BCUT2D eigenvalue weighted by Crippen LogP contribution is -2.32. The second-order valence-electron chi connectivity index (χ2n) is 6.52. The molecule has 8 heteroatoms. The zero-order valence-corrected chi connectivity index (χ0v) is 14.5. The molecule has 146 valence electrons. The van der Waals surface area contributed by atoms with Crippen LogP contribution in [-0.2, 0) is 9.53 Å². The monoisotopic (exact) mass is 377 g/mol. The molecule has 0 saturated heterocycles. The number of hydrogen-bond donors (Lipinski definition) is 1. The molecule has 0 spiro atoms. The summed E-state index contributed by atoms with van der Waals surface area (Å²) in [5.41, 5.74) is 0.589. The average molecular weight is 377 g/mol. The molecule has 0 radical (unpaired) electrons. The van der Waals surface area contributed by atoms with Gasteiger partial charge in [-0.15, -0.1) is 0 Å². The molecule has 1 saturated carbocycles. The van der Waals surface area contributed by atoms with Crippen molar-refractivity contribution in [1.82, 2.24) is 5.32 Å². The Morgan fingerprint density at radius 2 is 1.96 bits per heavy atom. The second-order valence-corrected chi connectivity index (χ2v) is 6.52. The van der Waals surface area contributed by atoms with Gasteiger partial charge in [0.2, 0.25) is 5.91 Å². The van der Waals surface area contributed by atoms with Crippen LogP contribution in [0.2, 0.25) is 0 Å². The molecular weight excluding hydrogens is 354 g/mol. The third-order valence-corrected chi connectivity index (χ3v) is 4.80. The third-order valence-electron chi connectivity index (χ3n) is 4.80. The largest absolute Gasteiger partial charge is 0.435 e. The van der Waals surface area contributed by atoms with Crippen molar-refractivity contribution < 1.29 is 31.8 Å². The van der Waals surface area contributed by atoms with Gasteiger partial charge >= 0.3 is 13.2 Å². The Bertz CT molecular complexity index is 594. The highest BCUT2D eigenvalue weighted by Crippen LogP contribution is 2.52. The molecule has 1 aliphatic rings. The first-order valence-electron chi connectivity index (χ1n) is 8.57. The summed E-state index contributed by atoms with van der Waals surface area (Å²) in [5, 5.41) is 2.65. The lowest BCUT2D eigenvalue weighted by Gasteiger charge is -2.21. The molecule has 1 amide bonds. The normalized spacial score (nSPS) is 16.6. The number of ether oxygens (including phenoxy) is 2. The van der Waals surface area contributed by atoms with Crippen LogP contribution in [0.15, 0.2) is 24.3 Å². The van der Waals surface area contributed by atoms with Crippen LogP contribution in [0, 0.1) is 5.41 Å². The summed E-state index contributed by atoms with van der Waals surface area (Å²) in [6.07, 6.45) is 4.23. The lowest BCUT2D eigenvalue weighted by molar-refractivity contribution is -0.139. The van der Waals surface area contributed by atoms with Crippen molar-refractivity contribution in [2.24, 2.45) is 5.41 Å². The van der Waals surface area contributed by atoms with Crippen molar-refractivity contribution in [2.45, 2.75) is 58.3 Å². The van der Waals surface area contributed by atoms with Gasteiger partial charge in [-0.3, -0.25) is 4.79 Å². The molecule has 1 aromatic carbocycles. The highest BCUT2D eigenvalue weighted by molar-refractivity contribution is 5.76. The van der Waals surface area contributed by atoms with Gasteiger partial charge in [0.1, 0.15) is 5.75 Å². The van der Waals surface area contributed by atoms with E-state index < -0.39 is 25.9 Å². The van der Waals surface area contributed by atoms with Gasteiger partial charge in [-0.05, 0) is 42.4 Å². The van der Waals surface area contributed by atoms with Crippen LogP contribution in [0.4, 0.5) is 17.6 Å². The number of hydrogen-bond acceptors (Lipinski definition) is 3. The molecule has 1 aromatic rings. The maximum atomic E-state index is 12.4. The van der Waals surface area contributed by atoms with Gasteiger partial charge in [0.15, 0.2) is 0 Å². The van der Waals surface area contributed by atoms with Gasteiger partial charge in [-0.25, -0.2) is 0 Å². The van der Waals surface area contributed by atoms with Crippen molar-refractivity contribution in [3.05, 3.63) is 29.8 Å². The summed E-state index contributed by atoms with van der Waals surface area (Å²) < 4.78 is 58.1. The number of rotatable bonds is 11. The molecular formula is C18H23F4NO3. The van der Waals surface area contributed by atoms with Crippen LogP contribution in [0.5, 0.6) is 5.75 Å². The molecule has 0 aromatic heterocycles. The Balaban J connectivity index is 2.01. The van der Waals surface area contributed by atoms with Gasteiger partial charge in [0, 0.05) is 6.42 Å². The summed E-state index contributed by atoms with van der Waals surface area (Å²) in [6, 6.07) is 4.70. The first-order chi connectivity index (χ1) is 12.3. The smallest absolute Gasteiger partial charge is 0.387 e. The van der Waals surface area contributed by atoms with Crippen molar-refractivity contribution in [3.63, 3.8) is 0 Å². The van der Waals surface area contributed by atoms with E-state index in [1.54, 1.807) is 0 Å². The molecule has 1 N–H and O–H groups in total. The van der Waals surface area contributed by atoms with E-state index in [0.717, 1.165) is 25.7 Å². The van der Waals surface area contributed by atoms with Crippen LogP contribution in [0.25, 0.3) is 0 Å². The van der Waals surface area contributed by atoms with Crippen molar-refractivity contribution in [1.29, 1.82) is 0 Å². The number of halogens is 4. The summed E-state index contributed by atoms with van der Waals surface area (Å²) in [5.74, 6) is -0.399. The predicted molar refractivity (Wildman–Crippen MR) is 87.1 cm³/mol. The number of nitrogens with one attached hydrogen (secondary N) is 1. The van der Waals surface area contributed by atoms with Crippen molar-refractivity contribution in [3.8, 4) is 5.75 Å². The highest BCUT2D eigenvalue weighted by atomic mass is 19.3. The Labute approximate surface area is 149 Å². The Morgan fingerprint density at radius 3 is 2.54 bits per heavy atom. The van der Waals surface area contributed by atoms with Gasteiger partial charge in [-0.2, -0.15) is 17.6 Å². The van der Waals surface area contributed by atoms with Crippen LogP contribution >= 0.6 is 0 Å². The van der Waals surface area contributed by atoms with Crippen molar-refractivity contribution >= 4 is 5.91 Å². The Kier molecular flexibility index (Phi) is 7.25. The molecule has 26 heavy (non-hydrogen) atoms. The van der Waals surface area contributed by atoms with Crippen LogP contribution in [-0.4, -0.2) is 25.7 Å². The summed E-state index contributed by atoms with van der Waals surface area (Å²) >= 11 is 0. The van der Waals surface area contributed by atoms with E-state index in [1.165, 1.54) is 24.3 Å². The Morgan fingerprint density at radius 1 is 1.23 bits per heavy atom. The first-order valence-corrected chi connectivity index (χ1v) is 8.57. The van der Waals surface area contributed by atoms with E-state index in [-0.39, 0.29) is 23.5 Å². The minimum Gasteiger partial charge on any atom is -0.435 e. The van der Waals surface area contributed by atoms with E-state index in [2.05, 4.69) is 21.7 Å². The van der Waals surface area contributed by atoms with Gasteiger partial charge in [-0.1, -0.05) is 25.5 Å². The van der Waals surface area contributed by atoms with Crippen LogP contribution in [0.3, 0.4) is 0 Å². The van der Waals surface area contributed by atoms with E-state index in [1.807, 2.05) is 0 Å². The van der Waals surface area contributed by atoms with E-state index >= 15 is 0 Å². The summed E-state index contributed by atoms with van der Waals surface area (Å²) in [4.78, 5) is 12.2. The molecule has 2 rings (SSSR count). The van der Waals surface area contributed by atoms with Gasteiger partial charge < -0.3 is 14.8 Å². The quantitative estimate of drug-likeness (QED) is 0.571. The number of carbonyl (C=O) groups is 1. The maximum Gasteiger partial charge on any atom is 0.387 e.